The zero-order valence-electron chi connectivity index (χ0n) is 13.1. The summed E-state index contributed by atoms with van der Waals surface area (Å²) in [6.07, 6.45) is 1.58. The van der Waals surface area contributed by atoms with Gasteiger partial charge in [0.25, 0.3) is 5.91 Å². The van der Waals surface area contributed by atoms with Crippen molar-refractivity contribution in [2.24, 2.45) is 0 Å². The zero-order chi connectivity index (χ0) is 17.8. The fraction of sp³-hybridized carbons (Fsp3) is 0.118. The number of carbonyl (C=O) groups is 2. The van der Waals surface area contributed by atoms with Crippen LogP contribution in [0.1, 0.15) is 28.9 Å². The molecule has 7 nitrogen and oxygen atoms in total. The molecule has 3 aromatic rings. The smallest absolute Gasteiger partial charge is 0.293 e. The van der Waals surface area contributed by atoms with E-state index >= 15 is 0 Å². The SMILES string of the molecule is CC(=O)Cc1nsc(NC(=O)c2cc(-c3cccc(C#N)c3)co2)n1. The van der Waals surface area contributed by atoms with Gasteiger partial charge in [0.2, 0.25) is 5.13 Å². The van der Waals surface area contributed by atoms with E-state index in [1.807, 2.05) is 6.07 Å². The van der Waals surface area contributed by atoms with Gasteiger partial charge in [0, 0.05) is 17.1 Å². The minimum Gasteiger partial charge on any atom is -0.459 e. The first-order valence-electron chi connectivity index (χ1n) is 7.27. The normalized spacial score (nSPS) is 10.2. The van der Waals surface area contributed by atoms with Gasteiger partial charge in [-0.25, -0.2) is 4.98 Å². The lowest BCUT2D eigenvalue weighted by atomic mass is 10.1. The second-order valence-corrected chi connectivity index (χ2v) is 5.99. The summed E-state index contributed by atoms with van der Waals surface area (Å²) in [7, 11) is 0. The Morgan fingerprint density at radius 1 is 1.32 bits per heavy atom. The molecule has 2 aromatic heterocycles. The van der Waals surface area contributed by atoms with Gasteiger partial charge in [-0.2, -0.15) is 9.64 Å². The third-order valence-electron chi connectivity index (χ3n) is 3.24. The summed E-state index contributed by atoms with van der Waals surface area (Å²) >= 11 is 1.000. The molecule has 0 bridgehead atoms. The summed E-state index contributed by atoms with van der Waals surface area (Å²) in [6.45, 7) is 1.45. The molecule has 0 aliphatic rings. The number of nitrogens with zero attached hydrogens (tertiary/aromatic N) is 3. The van der Waals surface area contributed by atoms with Gasteiger partial charge >= 0.3 is 0 Å². The number of hydrogen-bond acceptors (Lipinski definition) is 7. The Hall–Kier alpha value is -3.31. The minimum atomic E-state index is -0.465. The molecular weight excluding hydrogens is 340 g/mol. The predicted octanol–water partition coefficient (Wildman–Crippen LogP) is 3.05. The molecule has 0 aliphatic heterocycles. The molecule has 0 saturated heterocycles. The van der Waals surface area contributed by atoms with Crippen LogP contribution in [0.15, 0.2) is 41.0 Å². The maximum Gasteiger partial charge on any atom is 0.293 e. The van der Waals surface area contributed by atoms with Crippen LogP contribution in [0.4, 0.5) is 5.13 Å². The van der Waals surface area contributed by atoms with Crippen LogP contribution in [-0.4, -0.2) is 21.0 Å². The first-order chi connectivity index (χ1) is 12.0. The third-order valence-corrected chi connectivity index (χ3v) is 3.91. The lowest BCUT2D eigenvalue weighted by Crippen LogP contribution is -2.10. The van der Waals surface area contributed by atoms with E-state index in [1.165, 1.54) is 13.2 Å². The highest BCUT2D eigenvalue weighted by molar-refractivity contribution is 7.09. The van der Waals surface area contributed by atoms with Crippen molar-refractivity contribution in [3.63, 3.8) is 0 Å². The van der Waals surface area contributed by atoms with Gasteiger partial charge in [-0.15, -0.1) is 0 Å². The molecule has 0 unspecified atom stereocenters. The highest BCUT2D eigenvalue weighted by Crippen LogP contribution is 2.24. The molecule has 124 valence electrons. The van der Waals surface area contributed by atoms with Crippen molar-refractivity contribution in [3.8, 4) is 17.2 Å². The number of rotatable bonds is 5. The Kier molecular flexibility index (Phi) is 4.68. The molecule has 25 heavy (non-hydrogen) atoms. The monoisotopic (exact) mass is 352 g/mol. The van der Waals surface area contributed by atoms with Crippen LogP contribution in [0.5, 0.6) is 0 Å². The van der Waals surface area contributed by atoms with Gasteiger partial charge in [0.05, 0.1) is 24.3 Å². The van der Waals surface area contributed by atoms with Gasteiger partial charge in [-0.05, 0) is 30.7 Å². The number of furan rings is 1. The number of Topliss-reactive ketones (excluding diaryl/α,β-unsaturated/α-hetero) is 1. The van der Waals surface area contributed by atoms with Crippen LogP contribution < -0.4 is 5.32 Å². The van der Waals surface area contributed by atoms with Crippen LogP contribution in [0.2, 0.25) is 0 Å². The number of benzene rings is 1. The van der Waals surface area contributed by atoms with E-state index in [1.54, 1.807) is 24.3 Å². The van der Waals surface area contributed by atoms with Gasteiger partial charge in [-0.1, -0.05) is 12.1 Å². The molecule has 1 aromatic carbocycles. The van der Waals surface area contributed by atoms with Crippen molar-refractivity contribution in [1.29, 1.82) is 5.26 Å². The average molecular weight is 352 g/mol. The summed E-state index contributed by atoms with van der Waals surface area (Å²) in [5.74, 6) is -0.0268. The Bertz CT molecular complexity index is 984. The lowest BCUT2D eigenvalue weighted by molar-refractivity contribution is -0.116. The first kappa shape index (κ1) is 16.5. The van der Waals surface area contributed by atoms with Crippen molar-refractivity contribution in [3.05, 3.63) is 53.7 Å². The Labute approximate surface area is 147 Å². The molecular formula is C17H12N4O3S. The van der Waals surface area contributed by atoms with Crippen LogP contribution in [0.25, 0.3) is 11.1 Å². The van der Waals surface area contributed by atoms with E-state index in [0.717, 1.165) is 17.1 Å². The van der Waals surface area contributed by atoms with Gasteiger partial charge in [0.1, 0.15) is 5.78 Å². The molecule has 0 saturated carbocycles. The van der Waals surface area contributed by atoms with Crippen molar-refractivity contribution in [2.45, 2.75) is 13.3 Å². The molecule has 0 spiro atoms. The van der Waals surface area contributed by atoms with Crippen molar-refractivity contribution >= 4 is 28.4 Å². The number of carbonyl (C=O) groups excluding carboxylic acids is 2. The van der Waals surface area contributed by atoms with Crippen molar-refractivity contribution in [2.75, 3.05) is 5.32 Å². The van der Waals surface area contributed by atoms with Gasteiger partial charge in [-0.3, -0.25) is 14.9 Å². The Morgan fingerprint density at radius 2 is 2.16 bits per heavy atom. The fourth-order valence-electron chi connectivity index (χ4n) is 2.13. The van der Waals surface area contributed by atoms with Gasteiger partial charge in [0.15, 0.2) is 11.6 Å². The second kappa shape index (κ2) is 7.07. The summed E-state index contributed by atoms with van der Waals surface area (Å²) in [4.78, 5) is 27.4. The van der Waals surface area contributed by atoms with E-state index in [2.05, 4.69) is 20.7 Å². The molecule has 1 N–H and O–H groups in total. The van der Waals surface area contributed by atoms with E-state index in [4.69, 9.17) is 9.68 Å². The standard InChI is InChI=1S/C17H12N4O3S/c1-10(22)5-15-19-17(25-21-15)20-16(23)14-7-13(9-24-14)12-4-2-3-11(6-12)8-18/h2-4,6-7,9H,5H2,1H3,(H,19,20,21,23). The molecule has 2 heterocycles. The van der Waals surface area contributed by atoms with Crippen LogP contribution in [0.3, 0.4) is 0 Å². The molecule has 1 amide bonds. The highest BCUT2D eigenvalue weighted by atomic mass is 32.1. The summed E-state index contributed by atoms with van der Waals surface area (Å²) < 4.78 is 9.31. The van der Waals surface area contributed by atoms with Crippen molar-refractivity contribution < 1.29 is 14.0 Å². The minimum absolute atomic E-state index is 0.0500. The van der Waals surface area contributed by atoms with Crippen LogP contribution in [0, 0.1) is 11.3 Å². The predicted molar refractivity (Wildman–Crippen MR) is 91.1 cm³/mol. The number of nitriles is 1. The van der Waals surface area contributed by atoms with E-state index in [-0.39, 0.29) is 18.0 Å². The topological polar surface area (TPSA) is 109 Å². The fourth-order valence-corrected chi connectivity index (χ4v) is 2.71. The molecule has 0 atom stereocenters. The molecule has 0 aliphatic carbocycles. The van der Waals surface area contributed by atoms with E-state index in [9.17, 15) is 9.59 Å². The zero-order valence-corrected chi connectivity index (χ0v) is 14.0. The quantitative estimate of drug-likeness (QED) is 0.756. The summed E-state index contributed by atoms with van der Waals surface area (Å²) in [5.41, 5.74) is 2.00. The number of aromatic nitrogens is 2. The number of ketones is 1. The molecule has 3 rings (SSSR count). The summed E-state index contributed by atoms with van der Waals surface area (Å²) in [6, 6.07) is 10.7. The third kappa shape index (κ3) is 3.97. The second-order valence-electron chi connectivity index (χ2n) is 5.24. The highest BCUT2D eigenvalue weighted by Gasteiger charge is 2.15. The Balaban J connectivity index is 1.73. The largest absolute Gasteiger partial charge is 0.459 e. The molecule has 0 radical (unpaired) electrons. The number of hydrogen-bond donors (Lipinski definition) is 1. The van der Waals surface area contributed by atoms with Crippen LogP contribution >= 0.6 is 11.5 Å². The first-order valence-corrected chi connectivity index (χ1v) is 8.05. The Morgan fingerprint density at radius 3 is 2.92 bits per heavy atom. The van der Waals surface area contributed by atoms with Crippen LogP contribution in [-0.2, 0) is 11.2 Å². The maximum atomic E-state index is 12.2. The van der Waals surface area contributed by atoms with E-state index < -0.39 is 5.91 Å². The lowest BCUT2D eigenvalue weighted by Gasteiger charge is -1.97. The molecule has 8 heteroatoms. The number of amides is 1. The average Bonchev–Trinajstić information content (AvgIpc) is 3.24. The van der Waals surface area contributed by atoms with Crippen molar-refractivity contribution in [1.82, 2.24) is 9.36 Å². The maximum absolute atomic E-state index is 12.2. The number of anilines is 1. The van der Waals surface area contributed by atoms with Gasteiger partial charge < -0.3 is 4.42 Å². The van der Waals surface area contributed by atoms with E-state index in [0.29, 0.717) is 22.1 Å². The molecule has 0 fully saturated rings. The number of nitrogens with one attached hydrogen (secondary N) is 1. The summed E-state index contributed by atoms with van der Waals surface area (Å²) in [5, 5.41) is 11.8.